The number of primary amides is 1. The highest BCUT2D eigenvalue weighted by molar-refractivity contribution is 5.98. The Balaban J connectivity index is 6.65. The van der Waals surface area contributed by atoms with E-state index in [1.165, 1.54) is 6.92 Å². The number of aliphatic hydroxyl groups is 2. The average Bonchev–Trinajstić information content (AvgIpc) is 3.39. The van der Waals surface area contributed by atoms with E-state index in [2.05, 4.69) is 47.9 Å². The fraction of sp³-hybridized carbons (Fsp3) is 0.755. The van der Waals surface area contributed by atoms with Crippen LogP contribution in [-0.2, 0) is 57.5 Å². The van der Waals surface area contributed by atoms with Gasteiger partial charge in [0.15, 0.2) is 0 Å². The van der Waals surface area contributed by atoms with Gasteiger partial charge in [-0.3, -0.25) is 52.7 Å². The van der Waals surface area contributed by atoms with Crippen LogP contribution >= 0.6 is 0 Å². The lowest BCUT2D eigenvalue weighted by Crippen LogP contribution is -2.62. The van der Waals surface area contributed by atoms with Gasteiger partial charge in [-0.05, 0) is 115 Å². The molecule has 10 amide bonds. The number of aliphatic hydroxyl groups excluding tert-OH is 2. The monoisotopic (exact) mass is 1130 g/mol. The van der Waals surface area contributed by atoms with Crippen molar-refractivity contribution >= 4 is 71.0 Å². The lowest BCUT2D eigenvalue weighted by Gasteiger charge is -2.29. The van der Waals surface area contributed by atoms with Crippen LogP contribution in [0, 0.1) is 11.8 Å². The summed E-state index contributed by atoms with van der Waals surface area (Å²) in [5, 5.41) is 60.9. The SMILES string of the molecule is CC[C@H](C)[C@H](NC(=O)[C@H](CO)NC(=O)[C@H](CCCCN)NC(=O)[C@H](CCC(N)=O)NC(=O)[C@H](CC(C)C)NC(=O)[C@@H](N)CO)C(=O)N[C@@H](CCC(=O)O)C(=O)N[C@@H](CCCCN)C(=O)N[C@@H](C)C(=O)N[C@@H](CCCCN)C(=O)O. The fourth-order valence-corrected chi connectivity index (χ4v) is 7.61. The van der Waals surface area contributed by atoms with Gasteiger partial charge in [0, 0.05) is 12.8 Å². The second kappa shape index (κ2) is 39.7. The Morgan fingerprint density at radius 2 is 0.810 bits per heavy atom. The summed E-state index contributed by atoms with van der Waals surface area (Å²) in [6.45, 7) is 6.93. The molecule has 0 rings (SSSR count). The lowest BCUT2D eigenvalue weighted by atomic mass is 9.97. The molecule has 0 aliphatic carbocycles. The zero-order valence-electron chi connectivity index (χ0n) is 46.1. The van der Waals surface area contributed by atoms with Crippen molar-refractivity contribution < 1.29 is 78.0 Å². The molecule has 23 N–H and O–H groups in total. The number of nitrogens with two attached hydrogens (primary N) is 5. The first-order valence-electron chi connectivity index (χ1n) is 26.8. The summed E-state index contributed by atoms with van der Waals surface area (Å²) in [7, 11) is 0. The van der Waals surface area contributed by atoms with Crippen LogP contribution < -0.4 is 76.5 Å². The smallest absolute Gasteiger partial charge is 0.326 e. The Bertz CT molecular complexity index is 2000. The van der Waals surface area contributed by atoms with Crippen molar-refractivity contribution in [1.82, 2.24) is 47.9 Å². The molecule has 0 heterocycles. The van der Waals surface area contributed by atoms with Gasteiger partial charge in [0.2, 0.25) is 59.1 Å². The molecule has 0 bridgehead atoms. The Hall–Kier alpha value is -6.60. The third-order valence-corrected chi connectivity index (χ3v) is 12.5. The van der Waals surface area contributed by atoms with Gasteiger partial charge >= 0.3 is 11.9 Å². The second-order valence-electron chi connectivity index (χ2n) is 19.8. The molecule has 11 atom stereocenters. The minimum atomic E-state index is -1.79. The fourth-order valence-electron chi connectivity index (χ4n) is 7.61. The molecule has 30 nitrogen and oxygen atoms in total. The molecule has 0 aromatic carbocycles. The molecule has 452 valence electrons. The van der Waals surface area contributed by atoms with Crippen molar-refractivity contribution in [3.63, 3.8) is 0 Å². The Morgan fingerprint density at radius 3 is 1.22 bits per heavy atom. The van der Waals surface area contributed by atoms with Crippen LogP contribution in [0.2, 0.25) is 0 Å². The first kappa shape index (κ1) is 72.4. The predicted octanol–water partition coefficient (Wildman–Crippen LogP) is -5.62. The van der Waals surface area contributed by atoms with E-state index in [1.807, 2.05) is 0 Å². The molecular formula is C49H90N14O16. The van der Waals surface area contributed by atoms with E-state index in [0.29, 0.717) is 32.2 Å². The molecule has 0 aliphatic rings. The number of hydrogen-bond acceptors (Lipinski definition) is 18. The molecular weight excluding hydrogens is 1040 g/mol. The van der Waals surface area contributed by atoms with Crippen molar-refractivity contribution in [2.24, 2.45) is 40.5 Å². The van der Waals surface area contributed by atoms with Gasteiger partial charge in [0.1, 0.15) is 60.4 Å². The number of carbonyl (C=O) groups is 12. The maximum absolute atomic E-state index is 14.1. The first-order valence-corrected chi connectivity index (χ1v) is 26.8. The number of carbonyl (C=O) groups excluding carboxylic acids is 10. The molecule has 0 radical (unpaired) electrons. The van der Waals surface area contributed by atoms with E-state index in [1.54, 1.807) is 27.7 Å². The number of hydrogen-bond donors (Lipinski definition) is 18. The summed E-state index contributed by atoms with van der Waals surface area (Å²) in [6, 6.07) is -14.5. The average molecular weight is 1130 g/mol. The quantitative estimate of drug-likeness (QED) is 0.0253. The van der Waals surface area contributed by atoms with Crippen molar-refractivity contribution in [3.8, 4) is 0 Å². The second-order valence-corrected chi connectivity index (χ2v) is 19.8. The number of rotatable bonds is 43. The van der Waals surface area contributed by atoms with Crippen LogP contribution in [0.3, 0.4) is 0 Å². The molecule has 0 spiro atoms. The molecule has 79 heavy (non-hydrogen) atoms. The van der Waals surface area contributed by atoms with Gasteiger partial charge in [-0.25, -0.2) is 4.79 Å². The zero-order chi connectivity index (χ0) is 60.4. The number of carboxylic acid groups (broad SMARTS) is 2. The summed E-state index contributed by atoms with van der Waals surface area (Å²) in [5.41, 5.74) is 27.8. The largest absolute Gasteiger partial charge is 0.481 e. The minimum Gasteiger partial charge on any atom is -0.481 e. The Labute approximate surface area is 460 Å². The molecule has 0 aromatic heterocycles. The third kappa shape index (κ3) is 29.3. The molecule has 0 unspecified atom stereocenters. The molecule has 0 saturated heterocycles. The van der Waals surface area contributed by atoms with Crippen LogP contribution in [0.15, 0.2) is 0 Å². The van der Waals surface area contributed by atoms with Crippen LogP contribution in [0.1, 0.15) is 131 Å². The molecule has 0 aliphatic heterocycles. The summed E-state index contributed by atoms with van der Waals surface area (Å²) < 4.78 is 0. The van der Waals surface area contributed by atoms with E-state index in [4.69, 9.17) is 28.7 Å². The standard InChI is InChI=1S/C49H90N14O16/c1-6-27(4)39(48(77)59-33(17-19-38(67)68)45(74)56-30(13-7-10-20-50)42(71)55-28(5)40(69)60-34(49(78)79)15-9-12-22-52)63-47(76)36(25-65)62-43(72)31(14-8-11-21-51)57-44(73)32(16-18-37(54)66)58-46(75)35(23-26(2)3)61-41(70)29(53)24-64/h26-36,39,64-65H,6-25,50-53H2,1-5H3,(H2,54,66)(H,55,71)(H,56,74)(H,57,73)(H,58,75)(H,59,77)(H,60,69)(H,61,70)(H,62,72)(H,63,76)(H,67,68)(H,78,79)/t27-,28-,29-,30-,31-,32-,33-,34-,35-,36-,39-/m0/s1. The van der Waals surface area contributed by atoms with E-state index >= 15 is 0 Å². The number of amides is 10. The topological polar surface area (TPSA) is 524 Å². The summed E-state index contributed by atoms with van der Waals surface area (Å²) in [4.78, 5) is 158. The third-order valence-electron chi connectivity index (χ3n) is 12.5. The van der Waals surface area contributed by atoms with Crippen LogP contribution in [-0.4, -0.2) is 185 Å². The Morgan fingerprint density at radius 1 is 0.430 bits per heavy atom. The number of carboxylic acids is 2. The van der Waals surface area contributed by atoms with Crippen molar-refractivity contribution in [3.05, 3.63) is 0 Å². The lowest BCUT2D eigenvalue weighted by molar-refractivity contribution is -0.142. The molecule has 30 heteroatoms. The zero-order valence-corrected chi connectivity index (χ0v) is 46.1. The van der Waals surface area contributed by atoms with Gasteiger partial charge in [0.25, 0.3) is 0 Å². The molecule has 0 fully saturated rings. The highest BCUT2D eigenvalue weighted by Gasteiger charge is 2.36. The number of unbranched alkanes of at least 4 members (excludes halogenated alkanes) is 3. The van der Waals surface area contributed by atoms with Crippen molar-refractivity contribution in [1.29, 1.82) is 0 Å². The highest BCUT2D eigenvalue weighted by Crippen LogP contribution is 2.13. The van der Waals surface area contributed by atoms with E-state index in [0.717, 1.165) is 0 Å². The predicted molar refractivity (Wildman–Crippen MR) is 286 cm³/mol. The first-order chi connectivity index (χ1) is 37.2. The normalized spacial score (nSPS) is 15.3. The summed E-state index contributed by atoms with van der Waals surface area (Å²) in [5.74, 6) is -13.0. The maximum atomic E-state index is 14.1. The number of nitrogens with one attached hydrogen (secondary N) is 9. The Kier molecular flexibility index (Phi) is 36.4. The van der Waals surface area contributed by atoms with Gasteiger partial charge in [-0.1, -0.05) is 34.1 Å². The van der Waals surface area contributed by atoms with Crippen LogP contribution in [0.25, 0.3) is 0 Å². The highest BCUT2D eigenvalue weighted by atomic mass is 16.4. The van der Waals surface area contributed by atoms with Crippen molar-refractivity contribution in [2.45, 2.75) is 191 Å². The van der Waals surface area contributed by atoms with Gasteiger partial charge < -0.3 is 96.9 Å². The summed E-state index contributed by atoms with van der Waals surface area (Å²) >= 11 is 0. The van der Waals surface area contributed by atoms with Gasteiger partial charge in [-0.15, -0.1) is 0 Å². The summed E-state index contributed by atoms with van der Waals surface area (Å²) in [6.07, 6.45) is 0.483. The van der Waals surface area contributed by atoms with Crippen LogP contribution in [0.5, 0.6) is 0 Å². The van der Waals surface area contributed by atoms with Crippen LogP contribution in [0.4, 0.5) is 0 Å². The molecule has 0 saturated carbocycles. The van der Waals surface area contributed by atoms with E-state index in [9.17, 15) is 78.0 Å². The van der Waals surface area contributed by atoms with Gasteiger partial charge in [-0.2, -0.15) is 0 Å². The maximum Gasteiger partial charge on any atom is 0.326 e. The van der Waals surface area contributed by atoms with Gasteiger partial charge in [0.05, 0.1) is 13.2 Å². The molecule has 0 aromatic rings. The van der Waals surface area contributed by atoms with Crippen molar-refractivity contribution in [2.75, 3.05) is 32.8 Å². The van der Waals surface area contributed by atoms with E-state index < -0.39 is 170 Å². The minimum absolute atomic E-state index is 0.0359. The van der Waals surface area contributed by atoms with E-state index in [-0.39, 0.29) is 70.4 Å². The number of aliphatic carboxylic acids is 2.